The van der Waals surface area contributed by atoms with Gasteiger partial charge in [-0.25, -0.2) is 9.67 Å². The summed E-state index contributed by atoms with van der Waals surface area (Å²) in [6, 6.07) is 7.91. The molecule has 1 amide bonds. The van der Waals surface area contributed by atoms with Crippen LogP contribution in [-0.4, -0.2) is 61.6 Å². The topological polar surface area (TPSA) is 127 Å². The number of hydrogen-bond donors (Lipinski definition) is 4. The Bertz CT molecular complexity index is 1320. The highest BCUT2D eigenvalue weighted by atomic mass is 16.1. The predicted octanol–water partition coefficient (Wildman–Crippen LogP) is 1.73. The van der Waals surface area contributed by atoms with Crippen LogP contribution in [0.4, 0.5) is 17.3 Å². The molecule has 0 spiro atoms. The highest BCUT2D eigenvalue weighted by Gasteiger charge is 2.18. The maximum Gasteiger partial charge on any atom is 0.272 e. The smallest absolute Gasteiger partial charge is 0.272 e. The van der Waals surface area contributed by atoms with Gasteiger partial charge in [-0.2, -0.15) is 15.2 Å². The largest absolute Gasteiger partial charge is 0.378 e. The average molecular weight is 447 g/mol. The maximum absolute atomic E-state index is 12.2. The third kappa shape index (κ3) is 4.10. The van der Waals surface area contributed by atoms with Crippen molar-refractivity contribution in [3.63, 3.8) is 0 Å². The Kier molecular flexibility index (Phi) is 5.38. The zero-order valence-corrected chi connectivity index (χ0v) is 18.8. The van der Waals surface area contributed by atoms with Crippen molar-refractivity contribution in [1.29, 1.82) is 0 Å². The minimum absolute atomic E-state index is 0.233. The number of benzene rings is 1. The van der Waals surface area contributed by atoms with E-state index in [-0.39, 0.29) is 5.91 Å². The number of fused-ring (bicyclic) bond motifs is 1. The van der Waals surface area contributed by atoms with Crippen LogP contribution in [0.1, 0.15) is 22.6 Å². The summed E-state index contributed by atoms with van der Waals surface area (Å²) in [5.41, 5.74) is 3.90. The van der Waals surface area contributed by atoms with E-state index >= 15 is 0 Å². The molecule has 11 nitrogen and oxygen atoms in total. The molecule has 1 saturated heterocycles. The summed E-state index contributed by atoms with van der Waals surface area (Å²) in [5.74, 6) is 0.851. The van der Waals surface area contributed by atoms with Crippen LogP contribution in [0.2, 0.25) is 0 Å². The monoisotopic (exact) mass is 446 g/mol. The van der Waals surface area contributed by atoms with Crippen molar-refractivity contribution in [2.75, 3.05) is 30.8 Å². The van der Waals surface area contributed by atoms with Crippen LogP contribution in [0.15, 0.2) is 36.7 Å². The lowest BCUT2D eigenvalue weighted by molar-refractivity contribution is 0.0959. The molecule has 4 aromatic rings. The molecule has 1 atom stereocenters. The molecule has 0 radical (unpaired) electrons. The van der Waals surface area contributed by atoms with Crippen molar-refractivity contribution in [2.45, 2.75) is 19.4 Å². The summed E-state index contributed by atoms with van der Waals surface area (Å²) in [6.45, 7) is 3.96. The Labute approximate surface area is 190 Å². The third-order valence-corrected chi connectivity index (χ3v) is 5.74. The van der Waals surface area contributed by atoms with Crippen LogP contribution in [0.25, 0.3) is 16.7 Å². The molecular formula is C22H26N10O. The van der Waals surface area contributed by atoms with E-state index in [1.165, 1.54) is 0 Å². The minimum Gasteiger partial charge on any atom is -0.378 e. The molecule has 1 aliphatic heterocycles. The standard InChI is InChI=1S/C22H26N10O/c1-13-17(26-15-6-8-24-11-15)12-32(29-13)19-7-9-25-22(28-19)27-14-4-5-18-16(10-14)20(21(33)23-2)30-31(18)3/h4-5,7,9-10,12,15,24,26H,6,8,11H2,1-3H3,(H,23,33)(H,25,27,28)/t15-/m1/s1. The van der Waals surface area contributed by atoms with E-state index in [2.05, 4.69) is 41.4 Å². The number of hydrogen-bond acceptors (Lipinski definition) is 8. The Morgan fingerprint density at radius 1 is 1.24 bits per heavy atom. The van der Waals surface area contributed by atoms with Crippen molar-refractivity contribution < 1.29 is 4.79 Å². The summed E-state index contributed by atoms with van der Waals surface area (Å²) in [4.78, 5) is 21.2. The second kappa shape index (κ2) is 8.51. The van der Waals surface area contributed by atoms with E-state index in [0.717, 1.165) is 47.5 Å². The zero-order chi connectivity index (χ0) is 22.9. The highest BCUT2D eigenvalue weighted by Crippen LogP contribution is 2.24. The van der Waals surface area contributed by atoms with Crippen LogP contribution in [0, 0.1) is 6.92 Å². The number of aromatic nitrogens is 6. The molecule has 0 saturated carbocycles. The first-order valence-electron chi connectivity index (χ1n) is 10.8. The quantitative estimate of drug-likeness (QED) is 0.353. The number of carbonyl (C=O) groups excluding carboxylic acids is 1. The molecule has 4 heterocycles. The van der Waals surface area contributed by atoms with E-state index in [9.17, 15) is 4.79 Å². The van der Waals surface area contributed by atoms with Gasteiger partial charge in [0.2, 0.25) is 5.95 Å². The number of nitrogens with zero attached hydrogens (tertiary/aromatic N) is 6. The summed E-state index contributed by atoms with van der Waals surface area (Å²) in [7, 11) is 3.40. The Morgan fingerprint density at radius 2 is 2.12 bits per heavy atom. The molecule has 1 aliphatic rings. The van der Waals surface area contributed by atoms with Crippen LogP contribution in [-0.2, 0) is 7.05 Å². The van der Waals surface area contributed by atoms with Gasteiger partial charge in [0.15, 0.2) is 11.5 Å². The molecule has 3 aromatic heterocycles. The fourth-order valence-electron chi connectivity index (χ4n) is 4.01. The normalized spacial score (nSPS) is 15.7. The summed E-state index contributed by atoms with van der Waals surface area (Å²) in [6.07, 6.45) is 4.74. The maximum atomic E-state index is 12.2. The molecule has 5 rings (SSSR count). The zero-order valence-electron chi connectivity index (χ0n) is 18.8. The highest BCUT2D eigenvalue weighted by molar-refractivity contribution is 6.05. The van der Waals surface area contributed by atoms with Crippen molar-refractivity contribution in [3.8, 4) is 5.82 Å². The van der Waals surface area contributed by atoms with Gasteiger partial charge in [-0.3, -0.25) is 9.48 Å². The molecule has 1 fully saturated rings. The molecular weight excluding hydrogens is 420 g/mol. The van der Waals surface area contributed by atoms with Gasteiger partial charge in [0, 0.05) is 50.0 Å². The van der Waals surface area contributed by atoms with Gasteiger partial charge in [-0.15, -0.1) is 0 Å². The SMILES string of the molecule is CNC(=O)c1nn(C)c2ccc(Nc3nccc(-n4cc(N[C@@H]5CCNC5)c(C)n4)n3)cc12. The van der Waals surface area contributed by atoms with Gasteiger partial charge in [0.25, 0.3) is 5.91 Å². The molecule has 0 aliphatic carbocycles. The number of aryl methyl sites for hydroxylation is 2. The van der Waals surface area contributed by atoms with Crippen molar-refractivity contribution in [3.05, 3.63) is 48.0 Å². The number of nitrogens with one attached hydrogen (secondary N) is 4. The van der Waals surface area contributed by atoms with E-state index in [4.69, 9.17) is 0 Å². The number of rotatable bonds is 6. The van der Waals surface area contributed by atoms with E-state index in [0.29, 0.717) is 23.5 Å². The van der Waals surface area contributed by atoms with Gasteiger partial charge in [-0.1, -0.05) is 0 Å². The lowest BCUT2D eigenvalue weighted by Crippen LogP contribution is -2.22. The Morgan fingerprint density at radius 3 is 2.91 bits per heavy atom. The van der Waals surface area contributed by atoms with Crippen molar-refractivity contribution in [1.82, 2.24) is 40.2 Å². The van der Waals surface area contributed by atoms with Crippen LogP contribution >= 0.6 is 0 Å². The number of amides is 1. The molecule has 170 valence electrons. The Balaban J connectivity index is 1.40. The van der Waals surface area contributed by atoms with E-state index in [1.807, 2.05) is 44.4 Å². The van der Waals surface area contributed by atoms with Gasteiger partial charge >= 0.3 is 0 Å². The summed E-state index contributed by atoms with van der Waals surface area (Å²) >= 11 is 0. The van der Waals surface area contributed by atoms with Crippen molar-refractivity contribution >= 4 is 34.1 Å². The van der Waals surface area contributed by atoms with E-state index in [1.54, 1.807) is 22.6 Å². The molecule has 0 bridgehead atoms. The third-order valence-electron chi connectivity index (χ3n) is 5.74. The number of carbonyl (C=O) groups is 1. The van der Waals surface area contributed by atoms with Crippen LogP contribution in [0.3, 0.4) is 0 Å². The minimum atomic E-state index is -0.233. The molecule has 33 heavy (non-hydrogen) atoms. The molecule has 1 aromatic carbocycles. The van der Waals surface area contributed by atoms with E-state index < -0.39 is 0 Å². The molecule has 4 N–H and O–H groups in total. The first-order valence-corrected chi connectivity index (χ1v) is 10.8. The lowest BCUT2D eigenvalue weighted by Gasteiger charge is -2.11. The lowest BCUT2D eigenvalue weighted by atomic mass is 10.2. The second-order valence-electron chi connectivity index (χ2n) is 8.05. The first kappa shape index (κ1) is 20.9. The first-order chi connectivity index (χ1) is 16.0. The summed E-state index contributed by atoms with van der Waals surface area (Å²) < 4.78 is 3.44. The fourth-order valence-corrected chi connectivity index (χ4v) is 4.01. The number of anilines is 3. The second-order valence-corrected chi connectivity index (χ2v) is 8.05. The fraction of sp³-hybridized carbons (Fsp3) is 0.318. The van der Waals surface area contributed by atoms with Gasteiger partial charge in [-0.05, 0) is 38.1 Å². The van der Waals surface area contributed by atoms with Gasteiger partial charge in [0.1, 0.15) is 0 Å². The average Bonchev–Trinajstić information content (AvgIpc) is 3.54. The van der Waals surface area contributed by atoms with Gasteiger partial charge < -0.3 is 21.3 Å². The predicted molar refractivity (Wildman–Crippen MR) is 126 cm³/mol. The molecule has 0 unspecified atom stereocenters. The summed E-state index contributed by atoms with van der Waals surface area (Å²) in [5, 5.41) is 22.5. The van der Waals surface area contributed by atoms with Crippen LogP contribution < -0.4 is 21.3 Å². The Hall–Kier alpha value is -3.99. The van der Waals surface area contributed by atoms with Gasteiger partial charge in [0.05, 0.1) is 23.1 Å². The van der Waals surface area contributed by atoms with Crippen LogP contribution in [0.5, 0.6) is 0 Å². The van der Waals surface area contributed by atoms with Crippen molar-refractivity contribution in [2.24, 2.45) is 7.05 Å². The molecule has 11 heteroatoms.